The van der Waals surface area contributed by atoms with Crippen LogP contribution in [0.2, 0.25) is 5.02 Å². The minimum Gasteiger partial charge on any atom is -0.493 e. The average Bonchev–Trinajstić information content (AvgIpc) is 2.80. The van der Waals surface area contributed by atoms with Gasteiger partial charge in [-0.1, -0.05) is 36.7 Å². The lowest BCUT2D eigenvalue weighted by atomic mass is 10.1. The second-order valence-corrected chi connectivity index (χ2v) is 8.27. The van der Waals surface area contributed by atoms with Crippen LogP contribution in [-0.4, -0.2) is 43.0 Å². The average molecular weight is 461 g/mol. The molecule has 0 heterocycles. The fourth-order valence-corrected chi connectivity index (χ4v) is 3.52. The van der Waals surface area contributed by atoms with Crippen LogP contribution in [0.25, 0.3) is 0 Å². The molecule has 1 N–H and O–H groups in total. The number of halogens is 1. The number of nitrogens with one attached hydrogen (secondary N) is 1. The first-order chi connectivity index (χ1) is 15.3. The normalized spacial score (nSPS) is 12.6. The molecule has 32 heavy (non-hydrogen) atoms. The molecule has 0 radical (unpaired) electrons. The van der Waals surface area contributed by atoms with Crippen LogP contribution < -0.4 is 14.8 Å². The standard InChI is InChI=1S/C25H33ClN2O4/c1-6-17(2)27-25(30)18(3)28(16-20-8-7-9-21(26)14-20)24(29)13-11-19-10-12-22(31-4)23(15-19)32-5/h7-10,12,14-15,17-18H,6,11,13,16H2,1-5H3,(H,27,30)/t17-,18+/m1/s1. The fraction of sp³-hybridized carbons (Fsp3) is 0.440. The second-order valence-electron chi connectivity index (χ2n) is 7.83. The summed E-state index contributed by atoms with van der Waals surface area (Å²) in [5.74, 6) is 0.988. The molecule has 2 aromatic carbocycles. The molecule has 0 spiro atoms. The third-order valence-corrected chi connectivity index (χ3v) is 5.72. The van der Waals surface area contributed by atoms with E-state index in [0.29, 0.717) is 29.5 Å². The number of hydrogen-bond acceptors (Lipinski definition) is 4. The number of nitrogens with zero attached hydrogens (tertiary/aromatic N) is 1. The number of amides is 2. The van der Waals surface area contributed by atoms with Gasteiger partial charge in [0, 0.05) is 24.0 Å². The lowest BCUT2D eigenvalue weighted by Crippen LogP contribution is -2.49. The van der Waals surface area contributed by atoms with Crippen molar-refractivity contribution < 1.29 is 19.1 Å². The van der Waals surface area contributed by atoms with E-state index in [4.69, 9.17) is 21.1 Å². The number of methoxy groups -OCH3 is 2. The molecule has 0 aromatic heterocycles. The SMILES string of the molecule is CC[C@@H](C)NC(=O)[C@H](C)N(Cc1cccc(Cl)c1)C(=O)CCc1ccc(OC)c(OC)c1. The first-order valence-corrected chi connectivity index (χ1v) is 11.2. The van der Waals surface area contributed by atoms with Gasteiger partial charge in [-0.3, -0.25) is 9.59 Å². The maximum atomic E-state index is 13.2. The summed E-state index contributed by atoms with van der Waals surface area (Å²) in [6, 6.07) is 12.4. The molecule has 2 rings (SSSR count). The lowest BCUT2D eigenvalue weighted by Gasteiger charge is -2.30. The van der Waals surface area contributed by atoms with Crippen LogP contribution in [0.4, 0.5) is 0 Å². The third-order valence-electron chi connectivity index (χ3n) is 5.49. The van der Waals surface area contributed by atoms with Gasteiger partial charge in [0.25, 0.3) is 0 Å². The number of carbonyl (C=O) groups is 2. The van der Waals surface area contributed by atoms with Crippen LogP contribution in [0.15, 0.2) is 42.5 Å². The zero-order valence-corrected chi connectivity index (χ0v) is 20.2. The van der Waals surface area contributed by atoms with E-state index in [1.54, 1.807) is 32.1 Å². The highest BCUT2D eigenvalue weighted by molar-refractivity contribution is 6.30. The molecular formula is C25H33ClN2O4. The third kappa shape index (κ3) is 7.16. The van der Waals surface area contributed by atoms with Crippen molar-refractivity contribution in [1.82, 2.24) is 10.2 Å². The Morgan fingerprint density at radius 2 is 1.75 bits per heavy atom. The number of ether oxygens (including phenoxy) is 2. The number of carbonyl (C=O) groups excluding carboxylic acids is 2. The second kappa shape index (κ2) is 12.3. The molecule has 0 bridgehead atoms. The molecule has 2 amide bonds. The Morgan fingerprint density at radius 1 is 1.03 bits per heavy atom. The molecule has 2 atom stereocenters. The summed E-state index contributed by atoms with van der Waals surface area (Å²) in [6.45, 7) is 6.02. The van der Waals surface area contributed by atoms with Gasteiger partial charge in [-0.25, -0.2) is 0 Å². The van der Waals surface area contributed by atoms with Crippen molar-refractivity contribution in [3.8, 4) is 11.5 Å². The van der Waals surface area contributed by atoms with E-state index in [9.17, 15) is 9.59 Å². The highest BCUT2D eigenvalue weighted by Crippen LogP contribution is 2.28. The molecule has 0 aliphatic rings. The fourth-order valence-electron chi connectivity index (χ4n) is 3.31. The van der Waals surface area contributed by atoms with Gasteiger partial charge in [0.15, 0.2) is 11.5 Å². The number of rotatable bonds is 11. The van der Waals surface area contributed by atoms with Gasteiger partial charge < -0.3 is 19.7 Å². The van der Waals surface area contributed by atoms with Crippen LogP contribution in [-0.2, 0) is 22.6 Å². The van der Waals surface area contributed by atoms with E-state index in [1.807, 2.05) is 50.2 Å². The summed E-state index contributed by atoms with van der Waals surface area (Å²) >= 11 is 6.13. The Bertz CT molecular complexity index is 919. The van der Waals surface area contributed by atoms with Gasteiger partial charge in [0.05, 0.1) is 14.2 Å². The molecule has 174 valence electrons. The highest BCUT2D eigenvalue weighted by Gasteiger charge is 2.26. The molecule has 0 aliphatic carbocycles. The molecular weight excluding hydrogens is 428 g/mol. The Balaban J connectivity index is 2.18. The number of aryl methyl sites for hydroxylation is 1. The van der Waals surface area contributed by atoms with E-state index in [-0.39, 0.29) is 24.3 Å². The predicted octanol–water partition coefficient (Wildman–Crippen LogP) is 4.62. The van der Waals surface area contributed by atoms with E-state index >= 15 is 0 Å². The zero-order chi connectivity index (χ0) is 23.7. The van der Waals surface area contributed by atoms with Gasteiger partial charge in [0.2, 0.25) is 11.8 Å². The van der Waals surface area contributed by atoms with Gasteiger partial charge in [-0.15, -0.1) is 0 Å². The van der Waals surface area contributed by atoms with E-state index in [1.165, 1.54) is 0 Å². The van der Waals surface area contributed by atoms with Gasteiger partial charge in [0.1, 0.15) is 6.04 Å². The molecule has 7 heteroatoms. The number of hydrogen-bond donors (Lipinski definition) is 1. The smallest absolute Gasteiger partial charge is 0.242 e. The number of benzene rings is 2. The van der Waals surface area contributed by atoms with Crippen molar-refractivity contribution in [3.63, 3.8) is 0 Å². The summed E-state index contributed by atoms with van der Waals surface area (Å²) in [7, 11) is 3.16. The van der Waals surface area contributed by atoms with Crippen LogP contribution in [0.3, 0.4) is 0 Å². The van der Waals surface area contributed by atoms with Crippen molar-refractivity contribution in [3.05, 3.63) is 58.6 Å². The van der Waals surface area contributed by atoms with Crippen molar-refractivity contribution in [1.29, 1.82) is 0 Å². The summed E-state index contributed by atoms with van der Waals surface area (Å²) in [5, 5.41) is 3.57. The zero-order valence-electron chi connectivity index (χ0n) is 19.5. The molecule has 0 fully saturated rings. The molecule has 2 aromatic rings. The highest BCUT2D eigenvalue weighted by atomic mass is 35.5. The summed E-state index contributed by atoms with van der Waals surface area (Å²) in [4.78, 5) is 27.6. The van der Waals surface area contributed by atoms with E-state index in [0.717, 1.165) is 17.5 Å². The Kier molecular flexibility index (Phi) is 9.85. The Hall–Kier alpha value is -2.73. The monoisotopic (exact) mass is 460 g/mol. The molecule has 0 unspecified atom stereocenters. The quantitative estimate of drug-likeness (QED) is 0.531. The molecule has 0 aliphatic heterocycles. The maximum Gasteiger partial charge on any atom is 0.242 e. The molecule has 0 saturated heterocycles. The lowest BCUT2D eigenvalue weighted by molar-refractivity contribution is -0.140. The first kappa shape index (κ1) is 25.5. The summed E-state index contributed by atoms with van der Waals surface area (Å²) in [5.41, 5.74) is 1.83. The van der Waals surface area contributed by atoms with Crippen LogP contribution >= 0.6 is 11.6 Å². The Morgan fingerprint density at radius 3 is 2.38 bits per heavy atom. The largest absolute Gasteiger partial charge is 0.493 e. The van der Waals surface area contributed by atoms with E-state index in [2.05, 4.69) is 5.32 Å². The van der Waals surface area contributed by atoms with Crippen LogP contribution in [0, 0.1) is 0 Å². The minimum absolute atomic E-state index is 0.0415. The predicted molar refractivity (Wildman–Crippen MR) is 127 cm³/mol. The topological polar surface area (TPSA) is 67.9 Å². The van der Waals surface area contributed by atoms with Crippen molar-refractivity contribution in [2.75, 3.05) is 14.2 Å². The van der Waals surface area contributed by atoms with Gasteiger partial charge in [-0.05, 0) is 62.1 Å². The van der Waals surface area contributed by atoms with Gasteiger partial charge in [-0.2, -0.15) is 0 Å². The van der Waals surface area contributed by atoms with Crippen molar-refractivity contribution >= 4 is 23.4 Å². The first-order valence-electron chi connectivity index (χ1n) is 10.8. The van der Waals surface area contributed by atoms with Crippen molar-refractivity contribution in [2.45, 2.75) is 58.7 Å². The molecule has 0 saturated carbocycles. The van der Waals surface area contributed by atoms with Crippen LogP contribution in [0.5, 0.6) is 11.5 Å². The van der Waals surface area contributed by atoms with E-state index < -0.39 is 6.04 Å². The van der Waals surface area contributed by atoms with Gasteiger partial charge >= 0.3 is 0 Å². The van der Waals surface area contributed by atoms with Crippen LogP contribution in [0.1, 0.15) is 44.7 Å². The van der Waals surface area contributed by atoms with Crippen molar-refractivity contribution in [2.24, 2.45) is 0 Å². The Labute approximate surface area is 195 Å². The minimum atomic E-state index is -0.610. The maximum absolute atomic E-state index is 13.2. The molecule has 6 nitrogen and oxygen atoms in total. The summed E-state index contributed by atoms with van der Waals surface area (Å²) < 4.78 is 10.6. The summed E-state index contributed by atoms with van der Waals surface area (Å²) in [6.07, 6.45) is 1.60.